The first kappa shape index (κ1) is 22.8. The summed E-state index contributed by atoms with van der Waals surface area (Å²) in [7, 11) is 0. The van der Waals surface area contributed by atoms with Crippen molar-refractivity contribution in [2.75, 3.05) is 0 Å². The van der Waals surface area contributed by atoms with Crippen LogP contribution in [-0.2, 0) is 25.8 Å². The van der Waals surface area contributed by atoms with E-state index < -0.39 is 0 Å². The van der Waals surface area contributed by atoms with Gasteiger partial charge >= 0.3 is 25.8 Å². The molecular weight excluding hydrogens is 443 g/mol. The van der Waals surface area contributed by atoms with Gasteiger partial charge in [0.15, 0.2) is 0 Å². The number of allylic oxidation sites excluding steroid dienone is 8. The molecule has 0 saturated heterocycles. The Morgan fingerprint density at radius 3 is 1.04 bits per heavy atom. The maximum Gasteiger partial charge on any atom is 4.00 e. The van der Waals surface area contributed by atoms with E-state index in [9.17, 15) is 0 Å². The van der Waals surface area contributed by atoms with E-state index in [2.05, 4.69) is 81.4 Å². The van der Waals surface area contributed by atoms with Gasteiger partial charge in [0.1, 0.15) is 0 Å². The van der Waals surface area contributed by atoms with Crippen LogP contribution in [0.3, 0.4) is 0 Å². The molecule has 0 spiro atoms. The summed E-state index contributed by atoms with van der Waals surface area (Å²) in [5, 5.41) is 0. The molecule has 0 aromatic rings. The second kappa shape index (κ2) is 8.28. The average molecular weight is 479 g/mol. The third kappa shape index (κ3) is 4.47. The Bertz CT molecular complexity index is 529. The van der Waals surface area contributed by atoms with Gasteiger partial charge in [-0.2, -0.15) is 22.3 Å². The molecule has 0 radical (unpaired) electrons. The standard InChI is InChI=1S/2C11H17.Hf.2H/c2*1-6-11(5)7-8(2)9(3)10(11)4;;;/h2*6H2,1-5H3;;;/q2*-1;+4;2*-1. The Morgan fingerprint density at radius 2 is 0.957 bits per heavy atom. The van der Waals surface area contributed by atoms with Gasteiger partial charge < -0.3 is 2.85 Å². The van der Waals surface area contributed by atoms with Crippen LogP contribution in [0.2, 0.25) is 0 Å². The molecule has 2 aliphatic carbocycles. The van der Waals surface area contributed by atoms with E-state index in [4.69, 9.17) is 0 Å². The molecule has 0 bridgehead atoms. The molecule has 0 nitrogen and oxygen atoms in total. The minimum atomic E-state index is 0. The normalized spacial score (nSPS) is 29.8. The van der Waals surface area contributed by atoms with Crippen LogP contribution in [0.15, 0.2) is 33.4 Å². The van der Waals surface area contributed by atoms with Crippen molar-refractivity contribution in [1.29, 1.82) is 0 Å². The van der Waals surface area contributed by atoms with Crippen molar-refractivity contribution in [3.8, 4) is 0 Å². The predicted molar refractivity (Wildman–Crippen MR) is 101 cm³/mol. The molecule has 0 N–H and O–H groups in total. The molecule has 23 heavy (non-hydrogen) atoms. The number of hydrogen-bond acceptors (Lipinski definition) is 0. The van der Waals surface area contributed by atoms with Crippen molar-refractivity contribution in [1.82, 2.24) is 0 Å². The first-order chi connectivity index (χ1) is 10.0. The van der Waals surface area contributed by atoms with Crippen LogP contribution in [0.5, 0.6) is 0 Å². The van der Waals surface area contributed by atoms with Gasteiger partial charge in [0, 0.05) is 0 Å². The van der Waals surface area contributed by atoms with Crippen molar-refractivity contribution in [2.45, 2.75) is 82.1 Å². The topological polar surface area (TPSA) is 0 Å². The summed E-state index contributed by atoms with van der Waals surface area (Å²) in [6, 6.07) is 0. The van der Waals surface area contributed by atoms with Crippen molar-refractivity contribution in [2.24, 2.45) is 10.8 Å². The first-order valence-corrected chi connectivity index (χ1v) is 8.62. The number of hydrogen-bond donors (Lipinski definition) is 0. The Kier molecular flexibility index (Phi) is 8.22. The largest absolute Gasteiger partial charge is 4.00 e. The van der Waals surface area contributed by atoms with Gasteiger partial charge in [0.05, 0.1) is 0 Å². The smallest absolute Gasteiger partial charge is 1.00 e. The van der Waals surface area contributed by atoms with E-state index >= 15 is 0 Å². The Labute approximate surface area is 167 Å². The number of rotatable bonds is 2. The van der Waals surface area contributed by atoms with Gasteiger partial charge in [0.25, 0.3) is 0 Å². The van der Waals surface area contributed by atoms with E-state index in [-0.39, 0.29) is 39.5 Å². The SMILES string of the molecule is CCC1(C)[C-]=C(C)C(C)=C1C.CCC1(C)[C-]=C(C)C(C)=C1C.[H-].[H-].[Hf+4]. The van der Waals surface area contributed by atoms with E-state index in [0.717, 1.165) is 12.8 Å². The molecule has 0 saturated carbocycles. The second-order valence-corrected chi connectivity index (χ2v) is 7.37. The zero-order chi connectivity index (χ0) is 17.3. The summed E-state index contributed by atoms with van der Waals surface area (Å²) in [6.45, 7) is 22.1. The van der Waals surface area contributed by atoms with Crippen molar-refractivity contribution >= 4 is 0 Å². The van der Waals surface area contributed by atoms with Gasteiger partial charge in [-0.3, -0.25) is 12.2 Å². The Hall–Kier alpha value is -0.170. The van der Waals surface area contributed by atoms with Crippen LogP contribution < -0.4 is 0 Å². The maximum absolute atomic E-state index is 3.52. The molecule has 0 aliphatic heterocycles. The maximum atomic E-state index is 3.52. The molecule has 0 fully saturated rings. The van der Waals surface area contributed by atoms with Crippen LogP contribution >= 0.6 is 0 Å². The van der Waals surface area contributed by atoms with Gasteiger partial charge in [0.2, 0.25) is 0 Å². The zero-order valence-corrected chi connectivity index (χ0v) is 20.5. The van der Waals surface area contributed by atoms with Gasteiger partial charge in [-0.1, -0.05) is 79.1 Å². The molecule has 0 aromatic carbocycles. The van der Waals surface area contributed by atoms with E-state index in [1.807, 2.05) is 0 Å². The third-order valence-electron chi connectivity index (χ3n) is 6.25. The van der Waals surface area contributed by atoms with Gasteiger partial charge in [-0.25, -0.2) is 11.1 Å². The molecule has 2 rings (SSSR count). The van der Waals surface area contributed by atoms with Crippen molar-refractivity contribution in [3.05, 3.63) is 45.6 Å². The third-order valence-corrected chi connectivity index (χ3v) is 6.25. The van der Waals surface area contributed by atoms with Crippen molar-refractivity contribution < 1.29 is 28.7 Å². The fourth-order valence-electron chi connectivity index (χ4n) is 3.30. The summed E-state index contributed by atoms with van der Waals surface area (Å²) < 4.78 is 0. The zero-order valence-electron chi connectivity index (χ0n) is 18.9. The first-order valence-electron chi connectivity index (χ1n) is 8.62. The van der Waals surface area contributed by atoms with E-state index in [1.54, 1.807) is 0 Å². The summed E-state index contributed by atoms with van der Waals surface area (Å²) >= 11 is 0. The molecule has 128 valence electrons. The quantitative estimate of drug-likeness (QED) is 0.290. The fraction of sp³-hybridized carbons (Fsp3) is 0.636. The predicted octanol–water partition coefficient (Wildman–Crippen LogP) is 7.23. The van der Waals surface area contributed by atoms with Crippen LogP contribution in [0.4, 0.5) is 0 Å². The summed E-state index contributed by atoms with van der Waals surface area (Å²) in [5.74, 6) is 0. The molecule has 2 aliphatic rings. The molecule has 2 atom stereocenters. The fourth-order valence-corrected chi connectivity index (χ4v) is 3.30. The minimum absolute atomic E-state index is 0. The molecular formula is C22H36Hf. The van der Waals surface area contributed by atoms with E-state index in [1.165, 1.54) is 33.4 Å². The summed E-state index contributed by atoms with van der Waals surface area (Å²) in [4.78, 5) is 0. The van der Waals surface area contributed by atoms with Gasteiger partial charge in [-0.05, 0) is 0 Å². The summed E-state index contributed by atoms with van der Waals surface area (Å²) in [6.07, 6.45) is 9.36. The molecule has 0 amide bonds. The van der Waals surface area contributed by atoms with Crippen LogP contribution in [0, 0.1) is 23.0 Å². The molecule has 1 heteroatoms. The monoisotopic (exact) mass is 480 g/mol. The minimum Gasteiger partial charge on any atom is -1.00 e. The molecule has 0 aromatic heterocycles. The molecule has 0 heterocycles. The average Bonchev–Trinajstić information content (AvgIpc) is 2.81. The van der Waals surface area contributed by atoms with Gasteiger partial charge in [-0.15, -0.1) is 13.8 Å². The van der Waals surface area contributed by atoms with E-state index in [0.29, 0.717) is 0 Å². The Morgan fingerprint density at radius 1 is 0.696 bits per heavy atom. The van der Waals surface area contributed by atoms with Crippen molar-refractivity contribution in [3.63, 3.8) is 0 Å². The second-order valence-electron chi connectivity index (χ2n) is 7.37. The summed E-state index contributed by atoms with van der Waals surface area (Å²) in [5.41, 5.74) is 9.01. The van der Waals surface area contributed by atoms with Crippen LogP contribution in [-0.4, -0.2) is 0 Å². The van der Waals surface area contributed by atoms with Crippen LogP contribution in [0.25, 0.3) is 0 Å². The van der Waals surface area contributed by atoms with Crippen LogP contribution in [0.1, 0.15) is 84.9 Å². The molecule has 2 unspecified atom stereocenters. The Balaban J connectivity index is -0.000000346.